The summed E-state index contributed by atoms with van der Waals surface area (Å²) in [5.74, 6) is 0.710. The first-order chi connectivity index (χ1) is 11.2. The predicted molar refractivity (Wildman–Crippen MR) is 87.0 cm³/mol. The van der Waals surface area contributed by atoms with Crippen LogP contribution in [0, 0.1) is 12.8 Å². The molecule has 0 saturated heterocycles. The third-order valence-electron chi connectivity index (χ3n) is 5.01. The molecule has 5 heteroatoms. The molecule has 2 aliphatic heterocycles. The van der Waals surface area contributed by atoms with E-state index in [9.17, 15) is 4.39 Å². The fourth-order valence-electron chi connectivity index (χ4n) is 3.66. The molecule has 0 N–H and O–H groups in total. The summed E-state index contributed by atoms with van der Waals surface area (Å²) in [6.07, 6.45) is 10.0. The number of hydrogen-bond acceptors (Lipinski definition) is 3. The van der Waals surface area contributed by atoms with E-state index in [0.29, 0.717) is 11.8 Å². The fraction of sp³-hybridized carbons (Fsp3) is 0.333. The Labute approximate surface area is 133 Å². The Kier molecular flexibility index (Phi) is 2.57. The largest absolute Gasteiger partial charge is 0.347 e. The average molecular weight is 308 g/mol. The lowest BCUT2D eigenvalue weighted by Gasteiger charge is -2.20. The molecule has 4 heterocycles. The van der Waals surface area contributed by atoms with Gasteiger partial charge in [-0.2, -0.15) is 0 Å². The Hall–Kier alpha value is -2.43. The maximum absolute atomic E-state index is 13.3. The van der Waals surface area contributed by atoms with E-state index >= 15 is 0 Å². The van der Waals surface area contributed by atoms with Gasteiger partial charge >= 0.3 is 0 Å². The number of rotatable bonds is 2. The Morgan fingerprint density at radius 2 is 2.22 bits per heavy atom. The number of hydrogen-bond donors (Lipinski definition) is 0. The Morgan fingerprint density at radius 3 is 3.09 bits per heavy atom. The van der Waals surface area contributed by atoms with Crippen LogP contribution in [0.15, 0.2) is 53.7 Å². The summed E-state index contributed by atoms with van der Waals surface area (Å²) in [7, 11) is 0. The number of aliphatic imine (C=N–C) groups is 1. The van der Waals surface area contributed by atoms with Crippen molar-refractivity contribution in [2.45, 2.75) is 25.4 Å². The molecule has 5 rings (SSSR count). The molecule has 0 amide bonds. The lowest BCUT2D eigenvalue weighted by molar-refractivity contribution is 0.382. The summed E-state index contributed by atoms with van der Waals surface area (Å²) >= 11 is 0. The first-order valence-electron chi connectivity index (χ1n) is 8.01. The summed E-state index contributed by atoms with van der Waals surface area (Å²) in [5.41, 5.74) is 4.56. The third-order valence-corrected chi connectivity index (χ3v) is 5.01. The number of aromatic nitrogens is 2. The van der Waals surface area contributed by atoms with E-state index in [1.807, 2.05) is 18.5 Å². The summed E-state index contributed by atoms with van der Waals surface area (Å²) in [5, 5.41) is 0. The maximum Gasteiger partial charge on any atom is 0.143 e. The normalized spacial score (nSPS) is 28.8. The lowest BCUT2D eigenvalue weighted by atomic mass is 10.2. The van der Waals surface area contributed by atoms with Crippen molar-refractivity contribution in [3.8, 4) is 0 Å². The van der Waals surface area contributed by atoms with Gasteiger partial charge in [-0.05, 0) is 37.1 Å². The molecule has 1 saturated carbocycles. The summed E-state index contributed by atoms with van der Waals surface area (Å²) in [4.78, 5) is 11.6. The minimum absolute atomic E-state index is 0.153. The van der Waals surface area contributed by atoms with Crippen LogP contribution < -0.4 is 0 Å². The summed E-state index contributed by atoms with van der Waals surface area (Å²) < 4.78 is 15.4. The van der Waals surface area contributed by atoms with Crippen LogP contribution in [0.4, 0.5) is 4.39 Å². The molecule has 116 valence electrons. The van der Waals surface area contributed by atoms with Gasteiger partial charge in [0, 0.05) is 36.1 Å². The molecule has 0 radical (unpaired) electrons. The fourth-order valence-corrected chi connectivity index (χ4v) is 3.66. The van der Waals surface area contributed by atoms with E-state index in [2.05, 4.69) is 28.5 Å². The zero-order valence-corrected chi connectivity index (χ0v) is 12.9. The van der Waals surface area contributed by atoms with Crippen LogP contribution in [0.5, 0.6) is 0 Å². The van der Waals surface area contributed by atoms with Crippen molar-refractivity contribution in [2.24, 2.45) is 10.9 Å². The third kappa shape index (κ3) is 2.03. The van der Waals surface area contributed by atoms with Gasteiger partial charge in [-0.1, -0.05) is 6.07 Å². The van der Waals surface area contributed by atoms with Crippen LogP contribution in [-0.4, -0.2) is 32.7 Å². The smallest absolute Gasteiger partial charge is 0.143 e. The van der Waals surface area contributed by atoms with Gasteiger partial charge in [-0.25, -0.2) is 9.37 Å². The summed E-state index contributed by atoms with van der Waals surface area (Å²) in [6, 6.07) is 4.13. The van der Waals surface area contributed by atoms with Crippen molar-refractivity contribution in [2.75, 3.05) is 6.54 Å². The van der Waals surface area contributed by atoms with Crippen molar-refractivity contribution in [1.82, 2.24) is 14.3 Å². The van der Waals surface area contributed by atoms with E-state index in [1.54, 1.807) is 6.08 Å². The van der Waals surface area contributed by atoms with Crippen molar-refractivity contribution in [3.63, 3.8) is 0 Å². The molecule has 3 unspecified atom stereocenters. The SMILES string of the molecule is Cc1cccn2cc(C3CC3C3=NC4C=C(F)C=CN4C3)nc12. The van der Waals surface area contributed by atoms with E-state index in [1.165, 1.54) is 17.4 Å². The molecular weight excluding hydrogens is 291 g/mol. The van der Waals surface area contributed by atoms with Gasteiger partial charge in [0.1, 0.15) is 17.6 Å². The van der Waals surface area contributed by atoms with Crippen molar-refractivity contribution in [1.29, 1.82) is 0 Å². The molecule has 0 aromatic carbocycles. The first kappa shape index (κ1) is 13.0. The van der Waals surface area contributed by atoms with Gasteiger partial charge in [-0.15, -0.1) is 0 Å². The van der Waals surface area contributed by atoms with Crippen LogP contribution in [0.2, 0.25) is 0 Å². The number of nitrogens with zero attached hydrogens (tertiary/aromatic N) is 4. The molecule has 3 aliphatic rings. The van der Waals surface area contributed by atoms with E-state index in [4.69, 9.17) is 9.98 Å². The molecule has 2 aromatic heterocycles. The van der Waals surface area contributed by atoms with Crippen LogP contribution in [0.25, 0.3) is 5.65 Å². The molecular formula is C18H17FN4. The van der Waals surface area contributed by atoms with E-state index < -0.39 is 0 Å². The maximum atomic E-state index is 13.3. The standard InChI is InChI=1S/C18H17FN4/c1-11-3-2-5-23-10-16(21-18(11)23)14-8-13(14)15-9-22-6-4-12(19)7-17(22)20-15/h2-7,10,13-14,17H,8-9H2,1H3. The van der Waals surface area contributed by atoms with Gasteiger partial charge < -0.3 is 9.30 Å². The molecule has 2 aromatic rings. The molecule has 0 spiro atoms. The number of aryl methyl sites for hydroxylation is 1. The van der Waals surface area contributed by atoms with Gasteiger partial charge in [-0.3, -0.25) is 4.99 Å². The van der Waals surface area contributed by atoms with E-state index in [0.717, 1.165) is 24.3 Å². The first-order valence-corrected chi connectivity index (χ1v) is 8.01. The molecule has 1 aliphatic carbocycles. The van der Waals surface area contributed by atoms with E-state index in [-0.39, 0.29) is 12.0 Å². The highest BCUT2D eigenvalue weighted by atomic mass is 19.1. The Morgan fingerprint density at radius 1 is 1.30 bits per heavy atom. The molecule has 23 heavy (non-hydrogen) atoms. The van der Waals surface area contributed by atoms with Gasteiger partial charge in [0.25, 0.3) is 0 Å². The van der Waals surface area contributed by atoms with Crippen LogP contribution in [0.1, 0.15) is 23.6 Å². The summed E-state index contributed by atoms with van der Waals surface area (Å²) in [6.45, 7) is 2.89. The monoisotopic (exact) mass is 308 g/mol. The minimum Gasteiger partial charge on any atom is -0.347 e. The second-order valence-electron chi connectivity index (χ2n) is 6.61. The highest BCUT2D eigenvalue weighted by Gasteiger charge is 2.46. The van der Waals surface area contributed by atoms with Crippen LogP contribution >= 0.6 is 0 Å². The highest BCUT2D eigenvalue weighted by molar-refractivity contribution is 5.93. The number of imidazole rings is 1. The molecule has 3 atom stereocenters. The number of fused-ring (bicyclic) bond motifs is 2. The topological polar surface area (TPSA) is 32.9 Å². The lowest BCUT2D eigenvalue weighted by Crippen LogP contribution is -2.26. The quantitative estimate of drug-likeness (QED) is 0.853. The van der Waals surface area contributed by atoms with Crippen LogP contribution in [0.3, 0.4) is 0 Å². The van der Waals surface area contributed by atoms with Crippen molar-refractivity contribution < 1.29 is 4.39 Å². The average Bonchev–Trinajstić information content (AvgIpc) is 3.02. The number of pyridine rings is 1. The Balaban J connectivity index is 1.40. The van der Waals surface area contributed by atoms with Crippen molar-refractivity contribution in [3.05, 3.63) is 60.0 Å². The minimum atomic E-state index is -0.195. The van der Waals surface area contributed by atoms with Crippen LogP contribution in [-0.2, 0) is 0 Å². The number of halogens is 1. The molecule has 1 fully saturated rings. The van der Waals surface area contributed by atoms with Gasteiger partial charge in [0.2, 0.25) is 0 Å². The second-order valence-corrected chi connectivity index (χ2v) is 6.61. The predicted octanol–water partition coefficient (Wildman–Crippen LogP) is 3.21. The van der Waals surface area contributed by atoms with Crippen molar-refractivity contribution >= 4 is 11.4 Å². The Bertz CT molecular complexity index is 892. The highest BCUT2D eigenvalue weighted by Crippen LogP contribution is 2.49. The van der Waals surface area contributed by atoms with Gasteiger partial charge in [0.15, 0.2) is 0 Å². The molecule has 4 nitrogen and oxygen atoms in total. The number of allylic oxidation sites excluding steroid dienone is 2. The zero-order chi connectivity index (χ0) is 15.6. The molecule has 0 bridgehead atoms. The zero-order valence-electron chi connectivity index (χ0n) is 12.9. The van der Waals surface area contributed by atoms with Gasteiger partial charge in [0.05, 0.1) is 12.2 Å². The second kappa shape index (κ2) is 4.54.